The Bertz CT molecular complexity index is 558. The fraction of sp³-hybridized carbons (Fsp3) is 0.438. The minimum Gasteiger partial charge on any atom is -0.497 e. The number of hydrogen-bond donors (Lipinski definition) is 1. The third-order valence-corrected chi connectivity index (χ3v) is 3.36. The van der Waals surface area contributed by atoms with Crippen LogP contribution in [0, 0.1) is 0 Å². The molecule has 114 valence electrons. The first-order valence-corrected chi connectivity index (χ1v) is 7.12. The third kappa shape index (κ3) is 3.76. The number of hydrogen-bond acceptors (Lipinski definition) is 4. The number of ether oxygens (including phenoxy) is 2. The first-order valence-electron chi connectivity index (χ1n) is 7.12. The second kappa shape index (κ2) is 7.13. The lowest BCUT2D eigenvalue weighted by atomic mass is 10.0. The SMILES string of the molecule is CCCNC(c1cc(OC)cc(OC)c1)c1cnn(C)c1. The molecule has 0 aliphatic carbocycles. The Morgan fingerprint density at radius 2 is 1.81 bits per heavy atom. The molecule has 0 saturated carbocycles. The molecule has 1 N–H and O–H groups in total. The summed E-state index contributed by atoms with van der Waals surface area (Å²) in [5.41, 5.74) is 2.23. The zero-order chi connectivity index (χ0) is 15.2. The number of benzene rings is 1. The van der Waals surface area contributed by atoms with Crippen molar-refractivity contribution in [1.29, 1.82) is 0 Å². The van der Waals surface area contributed by atoms with Crippen molar-refractivity contribution in [2.75, 3.05) is 20.8 Å². The van der Waals surface area contributed by atoms with Gasteiger partial charge in [0.2, 0.25) is 0 Å². The first kappa shape index (κ1) is 15.4. The van der Waals surface area contributed by atoms with Crippen LogP contribution < -0.4 is 14.8 Å². The fourth-order valence-corrected chi connectivity index (χ4v) is 2.30. The Labute approximate surface area is 125 Å². The molecule has 0 aliphatic rings. The van der Waals surface area contributed by atoms with E-state index in [1.807, 2.05) is 42.3 Å². The third-order valence-electron chi connectivity index (χ3n) is 3.36. The van der Waals surface area contributed by atoms with Crippen LogP contribution in [-0.2, 0) is 7.05 Å². The number of nitrogens with zero attached hydrogens (tertiary/aromatic N) is 2. The minimum absolute atomic E-state index is 0.0719. The van der Waals surface area contributed by atoms with Crippen LogP contribution in [0.4, 0.5) is 0 Å². The molecule has 2 rings (SSSR count). The molecule has 5 nitrogen and oxygen atoms in total. The Kier molecular flexibility index (Phi) is 5.22. The van der Waals surface area contributed by atoms with Crippen molar-refractivity contribution in [3.63, 3.8) is 0 Å². The topological polar surface area (TPSA) is 48.3 Å². The first-order chi connectivity index (χ1) is 10.2. The Balaban J connectivity index is 2.40. The second-order valence-electron chi connectivity index (χ2n) is 4.98. The van der Waals surface area contributed by atoms with E-state index in [0.29, 0.717) is 0 Å². The second-order valence-corrected chi connectivity index (χ2v) is 4.98. The molecule has 0 bridgehead atoms. The highest BCUT2D eigenvalue weighted by atomic mass is 16.5. The molecule has 1 aromatic heterocycles. The quantitative estimate of drug-likeness (QED) is 0.851. The van der Waals surface area contributed by atoms with Gasteiger partial charge in [-0.2, -0.15) is 5.10 Å². The van der Waals surface area contributed by atoms with Gasteiger partial charge in [-0.15, -0.1) is 0 Å². The van der Waals surface area contributed by atoms with Crippen LogP contribution in [0.3, 0.4) is 0 Å². The lowest BCUT2D eigenvalue weighted by Crippen LogP contribution is -2.23. The molecule has 0 aliphatic heterocycles. The van der Waals surface area contributed by atoms with Crippen LogP contribution >= 0.6 is 0 Å². The monoisotopic (exact) mass is 289 g/mol. The predicted molar refractivity (Wildman–Crippen MR) is 82.9 cm³/mol. The van der Waals surface area contributed by atoms with Crippen LogP contribution in [0.2, 0.25) is 0 Å². The minimum atomic E-state index is 0.0719. The summed E-state index contributed by atoms with van der Waals surface area (Å²) in [7, 11) is 5.25. The Hall–Kier alpha value is -2.01. The van der Waals surface area contributed by atoms with Gasteiger partial charge in [0.15, 0.2) is 0 Å². The van der Waals surface area contributed by atoms with E-state index in [0.717, 1.165) is 35.6 Å². The summed E-state index contributed by atoms with van der Waals surface area (Å²) in [6.07, 6.45) is 4.98. The molecule has 0 fully saturated rings. The zero-order valence-corrected chi connectivity index (χ0v) is 13.1. The summed E-state index contributed by atoms with van der Waals surface area (Å²) in [5.74, 6) is 1.58. The largest absolute Gasteiger partial charge is 0.497 e. The maximum absolute atomic E-state index is 5.36. The van der Waals surface area contributed by atoms with Gasteiger partial charge in [0.25, 0.3) is 0 Å². The Morgan fingerprint density at radius 3 is 2.29 bits per heavy atom. The molecule has 0 amide bonds. The van der Waals surface area contributed by atoms with Crippen molar-refractivity contribution >= 4 is 0 Å². The normalized spacial score (nSPS) is 12.2. The summed E-state index contributed by atoms with van der Waals surface area (Å²) >= 11 is 0. The van der Waals surface area contributed by atoms with Gasteiger partial charge in [0.05, 0.1) is 26.5 Å². The number of aryl methyl sites for hydroxylation is 1. The number of aromatic nitrogens is 2. The molecule has 1 unspecified atom stereocenters. The lowest BCUT2D eigenvalue weighted by Gasteiger charge is -2.19. The van der Waals surface area contributed by atoms with E-state index in [1.165, 1.54) is 0 Å². The van der Waals surface area contributed by atoms with Crippen LogP contribution in [0.25, 0.3) is 0 Å². The summed E-state index contributed by atoms with van der Waals surface area (Å²) in [6.45, 7) is 3.08. The van der Waals surface area contributed by atoms with Gasteiger partial charge >= 0.3 is 0 Å². The average molecular weight is 289 g/mol. The number of rotatable bonds is 7. The molecular weight excluding hydrogens is 266 g/mol. The van der Waals surface area contributed by atoms with E-state index >= 15 is 0 Å². The summed E-state index contributed by atoms with van der Waals surface area (Å²) in [4.78, 5) is 0. The van der Waals surface area contributed by atoms with Crippen molar-refractivity contribution < 1.29 is 9.47 Å². The zero-order valence-electron chi connectivity index (χ0n) is 13.1. The van der Waals surface area contributed by atoms with E-state index in [2.05, 4.69) is 17.3 Å². The van der Waals surface area contributed by atoms with E-state index in [9.17, 15) is 0 Å². The van der Waals surface area contributed by atoms with Crippen molar-refractivity contribution in [3.8, 4) is 11.5 Å². The van der Waals surface area contributed by atoms with E-state index < -0.39 is 0 Å². The molecule has 21 heavy (non-hydrogen) atoms. The molecule has 1 aromatic carbocycles. The van der Waals surface area contributed by atoms with Crippen molar-refractivity contribution in [1.82, 2.24) is 15.1 Å². The molecule has 0 spiro atoms. The van der Waals surface area contributed by atoms with Crippen molar-refractivity contribution in [3.05, 3.63) is 41.7 Å². The van der Waals surface area contributed by atoms with Crippen molar-refractivity contribution in [2.45, 2.75) is 19.4 Å². The summed E-state index contributed by atoms with van der Waals surface area (Å²) in [5, 5.41) is 7.82. The van der Waals surface area contributed by atoms with Gasteiger partial charge in [-0.05, 0) is 30.7 Å². The highest BCUT2D eigenvalue weighted by molar-refractivity contribution is 5.42. The van der Waals surface area contributed by atoms with Crippen LogP contribution in [0.1, 0.15) is 30.5 Å². The van der Waals surface area contributed by atoms with E-state index in [1.54, 1.807) is 14.2 Å². The average Bonchev–Trinajstić information content (AvgIpc) is 2.93. The summed E-state index contributed by atoms with van der Waals surface area (Å²) in [6, 6.07) is 6.01. The van der Waals surface area contributed by atoms with Gasteiger partial charge in [-0.3, -0.25) is 4.68 Å². The molecule has 0 saturated heterocycles. The highest BCUT2D eigenvalue weighted by Gasteiger charge is 2.17. The molecular formula is C16H23N3O2. The lowest BCUT2D eigenvalue weighted by molar-refractivity contribution is 0.392. The highest BCUT2D eigenvalue weighted by Crippen LogP contribution is 2.29. The predicted octanol–water partition coefficient (Wildman–Crippen LogP) is 2.53. The van der Waals surface area contributed by atoms with Crippen molar-refractivity contribution in [2.24, 2.45) is 7.05 Å². The summed E-state index contributed by atoms with van der Waals surface area (Å²) < 4.78 is 12.5. The fourth-order valence-electron chi connectivity index (χ4n) is 2.30. The molecule has 2 aromatic rings. The van der Waals surface area contributed by atoms with Gasteiger partial charge in [-0.1, -0.05) is 6.92 Å². The van der Waals surface area contributed by atoms with E-state index in [4.69, 9.17) is 9.47 Å². The molecule has 0 radical (unpaired) electrons. The number of methoxy groups -OCH3 is 2. The van der Waals surface area contributed by atoms with E-state index in [-0.39, 0.29) is 6.04 Å². The Morgan fingerprint density at radius 1 is 1.14 bits per heavy atom. The van der Waals surface area contributed by atoms with Gasteiger partial charge in [-0.25, -0.2) is 0 Å². The number of nitrogens with one attached hydrogen (secondary N) is 1. The maximum atomic E-state index is 5.36. The van der Waals surface area contributed by atoms with Gasteiger partial charge in [0.1, 0.15) is 11.5 Å². The van der Waals surface area contributed by atoms with Crippen LogP contribution in [0.15, 0.2) is 30.6 Å². The van der Waals surface area contributed by atoms with Gasteiger partial charge < -0.3 is 14.8 Å². The smallest absolute Gasteiger partial charge is 0.122 e. The maximum Gasteiger partial charge on any atom is 0.122 e. The van der Waals surface area contributed by atoms with Gasteiger partial charge in [0, 0.05) is 24.9 Å². The molecule has 1 heterocycles. The van der Waals surface area contributed by atoms with Crippen LogP contribution in [-0.4, -0.2) is 30.5 Å². The van der Waals surface area contributed by atoms with Crippen LogP contribution in [0.5, 0.6) is 11.5 Å². The molecule has 5 heteroatoms. The molecule has 1 atom stereocenters. The standard InChI is InChI=1S/C16H23N3O2/c1-5-6-17-16(13-10-18-19(2)11-13)12-7-14(20-3)9-15(8-12)21-4/h7-11,16-17H,5-6H2,1-4H3.